The number of aryl methyl sites for hydroxylation is 1. The van der Waals surface area contributed by atoms with Gasteiger partial charge in [0.2, 0.25) is 11.9 Å². The molecule has 1 fully saturated rings. The quantitative estimate of drug-likeness (QED) is 0.325. The molecule has 1 aliphatic rings. The monoisotopic (exact) mass is 452 g/mol. The van der Waals surface area contributed by atoms with Crippen LogP contribution in [0.25, 0.3) is 5.69 Å². The zero-order chi connectivity index (χ0) is 22.5. The zero-order valence-electron chi connectivity index (χ0n) is 17.7. The number of piperidine rings is 1. The van der Waals surface area contributed by atoms with E-state index >= 15 is 0 Å². The second kappa shape index (κ2) is 9.82. The summed E-state index contributed by atoms with van der Waals surface area (Å²) in [6.07, 6.45) is 3.46. The van der Waals surface area contributed by atoms with E-state index in [0.29, 0.717) is 16.4 Å². The lowest BCUT2D eigenvalue weighted by Gasteiger charge is -2.27. The molecule has 2 aromatic carbocycles. The number of carbonyl (C=O) groups is 1. The summed E-state index contributed by atoms with van der Waals surface area (Å²) in [5.41, 5.74) is 1.86. The molecule has 1 N–H and O–H groups in total. The van der Waals surface area contributed by atoms with Crippen LogP contribution < -0.4 is 10.2 Å². The average molecular weight is 453 g/mol. The highest BCUT2D eigenvalue weighted by Crippen LogP contribution is 2.28. The number of hydrogen-bond donors (Lipinski definition) is 1. The van der Waals surface area contributed by atoms with Crippen LogP contribution in [0.15, 0.2) is 53.7 Å². The van der Waals surface area contributed by atoms with Crippen LogP contribution in [0, 0.1) is 17.0 Å². The number of aromatic nitrogens is 3. The van der Waals surface area contributed by atoms with Crippen LogP contribution in [0.5, 0.6) is 0 Å². The van der Waals surface area contributed by atoms with Crippen LogP contribution in [0.4, 0.5) is 17.3 Å². The normalized spacial score (nSPS) is 13.7. The number of carbonyl (C=O) groups excluding carboxylic acids is 1. The van der Waals surface area contributed by atoms with Crippen molar-refractivity contribution in [3.63, 3.8) is 0 Å². The van der Waals surface area contributed by atoms with E-state index in [1.165, 1.54) is 24.2 Å². The number of nitro groups is 1. The molecule has 10 heteroatoms. The molecule has 0 unspecified atom stereocenters. The molecule has 32 heavy (non-hydrogen) atoms. The third-order valence-corrected chi connectivity index (χ3v) is 6.22. The topological polar surface area (TPSA) is 106 Å². The Morgan fingerprint density at radius 1 is 1.12 bits per heavy atom. The molecular formula is C22H24N6O3S. The fourth-order valence-electron chi connectivity index (χ4n) is 3.67. The van der Waals surface area contributed by atoms with E-state index in [1.54, 1.807) is 19.1 Å². The minimum absolute atomic E-state index is 0.0227. The lowest BCUT2D eigenvalue weighted by atomic mass is 10.1. The SMILES string of the molecule is Cc1ccc(NC(=O)CSc2nnc(N3CCCCC3)n2-c2ccccc2)cc1[N+](=O)[O-]. The molecule has 166 valence electrons. The maximum absolute atomic E-state index is 12.5. The van der Waals surface area contributed by atoms with E-state index in [9.17, 15) is 14.9 Å². The molecule has 0 bridgehead atoms. The van der Waals surface area contributed by atoms with Gasteiger partial charge >= 0.3 is 0 Å². The Bertz CT molecular complexity index is 1110. The Morgan fingerprint density at radius 2 is 1.88 bits per heavy atom. The van der Waals surface area contributed by atoms with Gasteiger partial charge in [0.05, 0.1) is 16.4 Å². The third kappa shape index (κ3) is 4.91. The molecule has 1 aliphatic heterocycles. The molecule has 4 rings (SSSR count). The van der Waals surface area contributed by atoms with Crippen LogP contribution >= 0.6 is 11.8 Å². The molecule has 1 saturated heterocycles. The summed E-state index contributed by atoms with van der Waals surface area (Å²) >= 11 is 1.28. The Labute approximate surface area is 190 Å². The fraction of sp³-hybridized carbons (Fsp3) is 0.318. The first kappa shape index (κ1) is 21.8. The first-order valence-electron chi connectivity index (χ1n) is 10.5. The summed E-state index contributed by atoms with van der Waals surface area (Å²) in [4.78, 5) is 25.5. The van der Waals surface area contributed by atoms with Crippen LogP contribution in [-0.2, 0) is 4.79 Å². The summed E-state index contributed by atoms with van der Waals surface area (Å²) in [6.45, 7) is 3.53. The van der Waals surface area contributed by atoms with E-state index in [0.717, 1.165) is 37.6 Å². The average Bonchev–Trinajstić information content (AvgIpc) is 3.24. The van der Waals surface area contributed by atoms with Crippen molar-refractivity contribution in [3.8, 4) is 5.69 Å². The maximum atomic E-state index is 12.5. The van der Waals surface area contributed by atoms with E-state index in [1.807, 2.05) is 34.9 Å². The van der Waals surface area contributed by atoms with Gasteiger partial charge in [0.25, 0.3) is 5.69 Å². The summed E-state index contributed by atoms with van der Waals surface area (Å²) in [6, 6.07) is 14.5. The highest BCUT2D eigenvalue weighted by molar-refractivity contribution is 7.99. The van der Waals surface area contributed by atoms with E-state index < -0.39 is 4.92 Å². The van der Waals surface area contributed by atoms with Gasteiger partial charge in [0.15, 0.2) is 5.16 Å². The molecular weight excluding hydrogens is 428 g/mol. The Kier molecular flexibility index (Phi) is 6.69. The number of nitrogens with one attached hydrogen (secondary N) is 1. The molecule has 0 radical (unpaired) electrons. The molecule has 1 aromatic heterocycles. The van der Waals surface area contributed by atoms with Crippen molar-refractivity contribution < 1.29 is 9.72 Å². The number of hydrogen-bond acceptors (Lipinski definition) is 7. The molecule has 0 saturated carbocycles. The van der Waals surface area contributed by atoms with Crippen LogP contribution in [0.1, 0.15) is 24.8 Å². The van der Waals surface area contributed by atoms with Crippen LogP contribution in [0.3, 0.4) is 0 Å². The highest BCUT2D eigenvalue weighted by Gasteiger charge is 2.22. The third-order valence-electron chi connectivity index (χ3n) is 5.29. The van der Waals surface area contributed by atoms with E-state index in [4.69, 9.17) is 0 Å². The van der Waals surface area contributed by atoms with Gasteiger partial charge in [0.1, 0.15) is 0 Å². The van der Waals surface area contributed by atoms with E-state index in [-0.39, 0.29) is 17.3 Å². The van der Waals surface area contributed by atoms with Gasteiger partial charge in [-0.15, -0.1) is 10.2 Å². The van der Waals surface area contributed by atoms with Gasteiger partial charge in [-0.1, -0.05) is 36.0 Å². The number of anilines is 2. The van der Waals surface area contributed by atoms with Crippen LogP contribution in [-0.4, -0.2) is 44.4 Å². The number of nitro benzene ring substituents is 1. The van der Waals surface area contributed by atoms with Crippen LogP contribution in [0.2, 0.25) is 0 Å². The predicted octanol–water partition coefficient (Wildman–Crippen LogP) is 4.21. The van der Waals surface area contributed by atoms with Gasteiger partial charge in [-0.25, -0.2) is 0 Å². The molecule has 9 nitrogen and oxygen atoms in total. The molecule has 0 atom stereocenters. The summed E-state index contributed by atoms with van der Waals surface area (Å²) in [5, 5.41) is 23.3. The van der Waals surface area contributed by atoms with Crippen molar-refractivity contribution in [2.24, 2.45) is 0 Å². The van der Waals surface area contributed by atoms with Crippen molar-refractivity contribution in [3.05, 3.63) is 64.2 Å². The van der Waals surface area contributed by atoms with Crippen molar-refractivity contribution in [1.82, 2.24) is 14.8 Å². The molecule has 0 spiro atoms. The number of thioether (sulfide) groups is 1. The minimum Gasteiger partial charge on any atom is -0.341 e. The molecule has 3 aromatic rings. The first-order valence-corrected chi connectivity index (χ1v) is 11.4. The van der Waals surface area contributed by atoms with Crippen molar-refractivity contribution >= 4 is 35.0 Å². The predicted molar refractivity (Wildman–Crippen MR) is 125 cm³/mol. The Hall–Kier alpha value is -3.40. The highest BCUT2D eigenvalue weighted by atomic mass is 32.2. The van der Waals surface area contributed by atoms with Gasteiger partial charge in [-0.2, -0.15) is 0 Å². The lowest BCUT2D eigenvalue weighted by Crippen LogP contribution is -2.31. The van der Waals surface area contributed by atoms with Gasteiger partial charge in [0, 0.05) is 30.4 Å². The van der Waals surface area contributed by atoms with Gasteiger partial charge in [-0.3, -0.25) is 19.5 Å². The van der Waals surface area contributed by atoms with Crippen molar-refractivity contribution in [2.45, 2.75) is 31.3 Å². The second-order valence-electron chi connectivity index (χ2n) is 7.60. The smallest absolute Gasteiger partial charge is 0.274 e. The first-order chi connectivity index (χ1) is 15.5. The summed E-state index contributed by atoms with van der Waals surface area (Å²) in [7, 11) is 0. The summed E-state index contributed by atoms with van der Waals surface area (Å²) < 4.78 is 1.99. The Morgan fingerprint density at radius 3 is 2.59 bits per heavy atom. The standard InChI is InChI=1S/C22H24N6O3S/c1-16-10-11-17(14-19(16)28(30)31)23-20(29)15-32-22-25-24-21(26-12-6-3-7-13-26)27(22)18-8-4-2-5-9-18/h2,4-5,8-11,14H,3,6-7,12-13,15H2,1H3,(H,23,29). The zero-order valence-corrected chi connectivity index (χ0v) is 18.5. The molecule has 2 heterocycles. The second-order valence-corrected chi connectivity index (χ2v) is 8.54. The largest absolute Gasteiger partial charge is 0.341 e. The maximum Gasteiger partial charge on any atom is 0.274 e. The fourth-order valence-corrected chi connectivity index (χ4v) is 4.42. The summed E-state index contributed by atoms with van der Waals surface area (Å²) in [5.74, 6) is 0.621. The number of nitrogens with zero attached hydrogens (tertiary/aromatic N) is 5. The number of rotatable bonds is 7. The lowest BCUT2D eigenvalue weighted by molar-refractivity contribution is -0.385. The number of amides is 1. The number of para-hydroxylation sites is 1. The number of benzene rings is 2. The molecule has 0 aliphatic carbocycles. The van der Waals surface area contributed by atoms with Crippen molar-refractivity contribution in [1.29, 1.82) is 0 Å². The minimum atomic E-state index is -0.454. The van der Waals surface area contributed by atoms with E-state index in [2.05, 4.69) is 20.4 Å². The van der Waals surface area contributed by atoms with Gasteiger partial charge in [-0.05, 0) is 44.4 Å². The molecule has 1 amide bonds. The van der Waals surface area contributed by atoms with Gasteiger partial charge < -0.3 is 10.2 Å². The van der Waals surface area contributed by atoms with Crippen molar-refractivity contribution in [2.75, 3.05) is 29.1 Å². The Balaban J connectivity index is 1.50.